The minimum atomic E-state index is -0.833. The predicted molar refractivity (Wildman–Crippen MR) is 46.4 cm³/mol. The number of halogens is 2. The number of fused-ring (bicyclic) bond motifs is 1. The van der Waals surface area contributed by atoms with Crippen LogP contribution in [-0.4, -0.2) is 4.98 Å². The van der Waals surface area contributed by atoms with Gasteiger partial charge in [-0.25, -0.2) is 8.78 Å². The maximum absolute atomic E-state index is 13.2. The molecule has 0 spiro atoms. The van der Waals surface area contributed by atoms with Gasteiger partial charge in [0.15, 0.2) is 11.6 Å². The fraction of sp³-hybridized carbons (Fsp3) is 0.100. The SMILES string of the molecule is Cc1cncc2c(F)c(F)ccc12. The second-order valence-electron chi connectivity index (χ2n) is 2.91. The van der Waals surface area contributed by atoms with E-state index < -0.39 is 11.6 Å². The first-order chi connectivity index (χ1) is 6.20. The Morgan fingerprint density at radius 1 is 1.08 bits per heavy atom. The fourth-order valence-corrected chi connectivity index (χ4v) is 1.33. The number of aryl methyl sites for hydroxylation is 1. The van der Waals surface area contributed by atoms with Gasteiger partial charge in [0.05, 0.1) is 0 Å². The first kappa shape index (κ1) is 8.10. The number of aromatic nitrogens is 1. The average Bonchev–Trinajstić information content (AvgIpc) is 2.12. The van der Waals surface area contributed by atoms with E-state index in [1.165, 1.54) is 6.20 Å². The molecule has 1 heterocycles. The van der Waals surface area contributed by atoms with Crippen molar-refractivity contribution in [2.24, 2.45) is 0 Å². The van der Waals surface area contributed by atoms with Gasteiger partial charge < -0.3 is 0 Å². The molecule has 2 rings (SSSR count). The lowest BCUT2D eigenvalue weighted by molar-refractivity contribution is 0.517. The molecule has 2 aromatic rings. The largest absolute Gasteiger partial charge is 0.264 e. The molecule has 1 aromatic carbocycles. The summed E-state index contributed by atoms with van der Waals surface area (Å²) in [7, 11) is 0. The maximum atomic E-state index is 13.2. The molecule has 0 amide bonds. The van der Waals surface area contributed by atoms with E-state index in [1.807, 2.05) is 6.92 Å². The van der Waals surface area contributed by atoms with Gasteiger partial charge in [-0.1, -0.05) is 6.07 Å². The summed E-state index contributed by atoms with van der Waals surface area (Å²) in [5.41, 5.74) is 0.844. The highest BCUT2D eigenvalue weighted by molar-refractivity contribution is 5.85. The zero-order valence-corrected chi connectivity index (χ0v) is 7.01. The van der Waals surface area contributed by atoms with Gasteiger partial charge in [0.25, 0.3) is 0 Å². The van der Waals surface area contributed by atoms with E-state index >= 15 is 0 Å². The lowest BCUT2D eigenvalue weighted by atomic mass is 10.1. The summed E-state index contributed by atoms with van der Waals surface area (Å²) < 4.78 is 25.9. The van der Waals surface area contributed by atoms with Crippen molar-refractivity contribution in [1.29, 1.82) is 0 Å². The van der Waals surface area contributed by atoms with Crippen LogP contribution in [0.4, 0.5) is 8.78 Å². The molecule has 0 aliphatic rings. The molecular weight excluding hydrogens is 172 g/mol. The third-order valence-electron chi connectivity index (χ3n) is 2.03. The predicted octanol–water partition coefficient (Wildman–Crippen LogP) is 2.82. The fourth-order valence-electron chi connectivity index (χ4n) is 1.33. The highest BCUT2D eigenvalue weighted by Gasteiger charge is 2.07. The van der Waals surface area contributed by atoms with E-state index in [-0.39, 0.29) is 5.39 Å². The lowest BCUT2D eigenvalue weighted by Gasteiger charge is -2.01. The number of nitrogens with zero attached hydrogens (tertiary/aromatic N) is 1. The lowest BCUT2D eigenvalue weighted by Crippen LogP contribution is -1.89. The Kier molecular flexibility index (Phi) is 1.72. The molecule has 0 fully saturated rings. The Balaban J connectivity index is 2.94. The van der Waals surface area contributed by atoms with Crippen molar-refractivity contribution in [3.8, 4) is 0 Å². The smallest absolute Gasteiger partial charge is 0.168 e. The van der Waals surface area contributed by atoms with Crippen molar-refractivity contribution in [2.75, 3.05) is 0 Å². The molecule has 0 saturated heterocycles. The van der Waals surface area contributed by atoms with Crippen LogP contribution in [0.5, 0.6) is 0 Å². The average molecular weight is 179 g/mol. The highest BCUT2D eigenvalue weighted by Crippen LogP contribution is 2.21. The summed E-state index contributed by atoms with van der Waals surface area (Å²) in [4.78, 5) is 3.81. The first-order valence-corrected chi connectivity index (χ1v) is 3.88. The third-order valence-corrected chi connectivity index (χ3v) is 2.03. The number of pyridine rings is 1. The normalized spacial score (nSPS) is 10.7. The van der Waals surface area contributed by atoms with Crippen LogP contribution in [0.1, 0.15) is 5.56 Å². The van der Waals surface area contributed by atoms with Crippen molar-refractivity contribution in [3.63, 3.8) is 0 Å². The van der Waals surface area contributed by atoms with Crippen LogP contribution in [0.2, 0.25) is 0 Å². The molecule has 1 nitrogen and oxygen atoms in total. The summed E-state index contributed by atoms with van der Waals surface area (Å²) in [6.45, 7) is 1.81. The monoisotopic (exact) mass is 179 g/mol. The Morgan fingerprint density at radius 2 is 1.85 bits per heavy atom. The molecule has 66 valence electrons. The minimum absolute atomic E-state index is 0.236. The quantitative estimate of drug-likeness (QED) is 0.606. The Morgan fingerprint density at radius 3 is 2.62 bits per heavy atom. The molecule has 0 atom stereocenters. The van der Waals surface area contributed by atoms with Crippen LogP contribution in [0.25, 0.3) is 10.8 Å². The van der Waals surface area contributed by atoms with Crippen LogP contribution in [0, 0.1) is 18.6 Å². The maximum Gasteiger partial charge on any atom is 0.168 e. The third kappa shape index (κ3) is 1.16. The molecule has 13 heavy (non-hydrogen) atoms. The molecule has 0 saturated carbocycles. The van der Waals surface area contributed by atoms with Gasteiger partial charge in [0.1, 0.15) is 0 Å². The second-order valence-corrected chi connectivity index (χ2v) is 2.91. The summed E-state index contributed by atoms with van der Waals surface area (Å²) >= 11 is 0. The molecule has 0 N–H and O–H groups in total. The van der Waals surface area contributed by atoms with Crippen LogP contribution in [0.3, 0.4) is 0 Å². The summed E-state index contributed by atoms with van der Waals surface area (Å²) in [6, 6.07) is 2.69. The first-order valence-electron chi connectivity index (χ1n) is 3.88. The van der Waals surface area contributed by atoms with E-state index in [9.17, 15) is 8.78 Å². The molecule has 1 aromatic heterocycles. The van der Waals surface area contributed by atoms with E-state index in [0.29, 0.717) is 5.39 Å². The number of hydrogen-bond acceptors (Lipinski definition) is 1. The zero-order chi connectivity index (χ0) is 9.42. The molecule has 0 aliphatic carbocycles. The Labute approximate surface area is 74.0 Å². The molecule has 0 radical (unpaired) electrons. The minimum Gasteiger partial charge on any atom is -0.264 e. The van der Waals surface area contributed by atoms with Gasteiger partial charge in [0, 0.05) is 17.8 Å². The van der Waals surface area contributed by atoms with Crippen LogP contribution < -0.4 is 0 Å². The van der Waals surface area contributed by atoms with Gasteiger partial charge in [-0.3, -0.25) is 4.98 Å². The van der Waals surface area contributed by atoms with Crippen molar-refractivity contribution in [2.45, 2.75) is 6.92 Å². The highest BCUT2D eigenvalue weighted by atomic mass is 19.2. The molecule has 0 aliphatic heterocycles. The van der Waals surface area contributed by atoms with Crippen LogP contribution in [-0.2, 0) is 0 Å². The second kappa shape index (κ2) is 2.76. The van der Waals surface area contributed by atoms with Crippen molar-refractivity contribution >= 4 is 10.8 Å². The van der Waals surface area contributed by atoms with E-state index in [4.69, 9.17) is 0 Å². The topological polar surface area (TPSA) is 12.9 Å². The molecule has 0 unspecified atom stereocenters. The van der Waals surface area contributed by atoms with Gasteiger partial charge in [-0.2, -0.15) is 0 Å². The van der Waals surface area contributed by atoms with Crippen molar-refractivity contribution < 1.29 is 8.78 Å². The summed E-state index contributed by atoms with van der Waals surface area (Å²) in [5, 5.41) is 0.939. The number of rotatable bonds is 0. The van der Waals surface area contributed by atoms with E-state index in [0.717, 1.165) is 11.6 Å². The summed E-state index contributed by atoms with van der Waals surface area (Å²) in [6.07, 6.45) is 2.96. The molecular formula is C10H7F2N. The van der Waals surface area contributed by atoms with Gasteiger partial charge in [-0.05, 0) is 23.9 Å². The van der Waals surface area contributed by atoms with Crippen molar-refractivity contribution in [3.05, 3.63) is 41.7 Å². The van der Waals surface area contributed by atoms with Crippen molar-refractivity contribution in [1.82, 2.24) is 4.98 Å². The van der Waals surface area contributed by atoms with Gasteiger partial charge in [-0.15, -0.1) is 0 Å². The standard InChI is InChI=1S/C10H7F2N/c1-6-4-13-5-8-7(6)2-3-9(11)10(8)12/h2-5H,1H3. The molecule has 3 heteroatoms. The Hall–Kier alpha value is -1.51. The summed E-state index contributed by atoms with van der Waals surface area (Å²) in [5.74, 6) is -1.66. The van der Waals surface area contributed by atoms with Crippen LogP contribution in [0.15, 0.2) is 24.5 Å². The van der Waals surface area contributed by atoms with Crippen LogP contribution >= 0.6 is 0 Å². The number of hydrogen-bond donors (Lipinski definition) is 0. The molecule has 0 bridgehead atoms. The van der Waals surface area contributed by atoms with E-state index in [1.54, 1.807) is 12.3 Å². The van der Waals surface area contributed by atoms with Gasteiger partial charge >= 0.3 is 0 Å². The Bertz CT molecular complexity index is 466. The van der Waals surface area contributed by atoms with E-state index in [2.05, 4.69) is 4.98 Å². The van der Waals surface area contributed by atoms with Gasteiger partial charge in [0.2, 0.25) is 0 Å². The number of benzene rings is 1. The zero-order valence-electron chi connectivity index (χ0n) is 7.01.